The van der Waals surface area contributed by atoms with Gasteiger partial charge in [0.15, 0.2) is 5.62 Å². The van der Waals surface area contributed by atoms with E-state index >= 15 is 0 Å². The number of hydrogen-bond acceptors (Lipinski definition) is 2. The van der Waals surface area contributed by atoms with E-state index in [1.807, 2.05) is 13.8 Å². The van der Waals surface area contributed by atoms with Gasteiger partial charge in [0.1, 0.15) is 0 Å². The molecule has 3 heteroatoms. The highest BCUT2D eigenvalue weighted by molar-refractivity contribution is 8.23. The van der Waals surface area contributed by atoms with E-state index in [0.29, 0.717) is 0 Å². The Balaban J connectivity index is 3.23. The predicted octanol–water partition coefficient (Wildman–Crippen LogP) is 1.15. The fourth-order valence-corrected chi connectivity index (χ4v) is 1.07. The van der Waals surface area contributed by atoms with Crippen molar-refractivity contribution < 1.29 is 8.98 Å². The maximum Gasteiger partial charge on any atom is 0.178 e. The normalized spacial score (nSPS) is 16.2. The molecule has 0 spiro atoms. The molecule has 0 rings (SSSR count). The van der Waals surface area contributed by atoms with Gasteiger partial charge in [-0.2, -0.15) is 0 Å². The summed E-state index contributed by atoms with van der Waals surface area (Å²) in [6, 6.07) is 0. The molecule has 0 aliphatic carbocycles. The van der Waals surface area contributed by atoms with Crippen LogP contribution in [0.15, 0.2) is 0 Å². The lowest BCUT2D eigenvalue weighted by Gasteiger charge is -2.11. The van der Waals surface area contributed by atoms with E-state index in [4.69, 9.17) is 4.18 Å². The highest BCUT2D eigenvalue weighted by atomic mass is 32.2. The summed E-state index contributed by atoms with van der Waals surface area (Å²) >= 11 is -0.798. The first-order chi connectivity index (χ1) is 3.66. The molecule has 0 amide bonds. The first-order valence-electron chi connectivity index (χ1n) is 2.51. The maximum absolute atomic E-state index is 9.94. The zero-order valence-electron chi connectivity index (χ0n) is 5.42. The van der Waals surface area contributed by atoms with Gasteiger partial charge in [-0.3, -0.25) is 4.79 Å². The van der Waals surface area contributed by atoms with Crippen molar-refractivity contribution in [2.45, 2.75) is 20.0 Å². The maximum atomic E-state index is 9.94. The monoisotopic (exact) mass is 136 g/mol. The molecule has 0 aromatic heterocycles. The second kappa shape index (κ2) is 3.92. The van der Waals surface area contributed by atoms with Crippen LogP contribution in [0.3, 0.4) is 0 Å². The molecule has 0 heterocycles. The van der Waals surface area contributed by atoms with Crippen molar-refractivity contribution in [3.63, 3.8) is 0 Å². The second-order valence-electron chi connectivity index (χ2n) is 1.81. The molecule has 0 saturated heterocycles. The molecule has 0 radical (unpaired) electrons. The largest absolute Gasteiger partial charge is 0.330 e. The topological polar surface area (TPSA) is 26.3 Å². The summed E-state index contributed by atoms with van der Waals surface area (Å²) in [5.41, 5.74) is 0.856. The number of hydrogen-bond donors (Lipinski definition) is 1. The lowest BCUT2D eigenvalue weighted by Crippen LogP contribution is -1.98. The summed E-state index contributed by atoms with van der Waals surface area (Å²) in [7, 11) is 0. The summed E-state index contributed by atoms with van der Waals surface area (Å²) in [5, 5.41) is 0. The molecule has 0 aliphatic heterocycles. The number of carbonyl (C=O) groups is 1. The summed E-state index contributed by atoms with van der Waals surface area (Å²) in [6.07, 6.45) is 1.97. The predicted molar refractivity (Wildman–Crippen MR) is 37.9 cm³/mol. The van der Waals surface area contributed by atoms with Gasteiger partial charge in [-0.1, -0.05) is 11.2 Å². The molecular formula is C5H12O2S. The Kier molecular flexibility index (Phi) is 3.91. The average molecular weight is 136 g/mol. The van der Waals surface area contributed by atoms with Crippen LogP contribution in [0.4, 0.5) is 0 Å². The minimum Gasteiger partial charge on any atom is -0.330 e. The zero-order valence-corrected chi connectivity index (χ0v) is 6.31. The van der Waals surface area contributed by atoms with E-state index in [1.54, 1.807) is 6.26 Å². The van der Waals surface area contributed by atoms with Crippen molar-refractivity contribution >= 4 is 16.8 Å². The van der Waals surface area contributed by atoms with Crippen LogP contribution in [0.1, 0.15) is 13.8 Å². The molecule has 0 aromatic rings. The molecule has 1 unspecified atom stereocenters. The molecule has 0 fully saturated rings. The third-order valence-electron chi connectivity index (χ3n) is 0.526. The van der Waals surface area contributed by atoms with Crippen molar-refractivity contribution in [2.75, 3.05) is 6.26 Å². The van der Waals surface area contributed by atoms with Gasteiger partial charge in [-0.25, -0.2) is 0 Å². The van der Waals surface area contributed by atoms with Crippen molar-refractivity contribution in [3.05, 3.63) is 0 Å². The summed E-state index contributed by atoms with van der Waals surface area (Å²) in [4.78, 5) is 9.94. The zero-order chi connectivity index (χ0) is 6.57. The Morgan fingerprint density at radius 2 is 2.12 bits per heavy atom. The molecular weight excluding hydrogens is 124 g/mol. The van der Waals surface area contributed by atoms with Gasteiger partial charge in [-0.15, -0.1) is 0 Å². The molecule has 0 bridgehead atoms. The lowest BCUT2D eigenvalue weighted by molar-refractivity contribution is 0.287. The van der Waals surface area contributed by atoms with Crippen LogP contribution >= 0.6 is 11.2 Å². The minimum atomic E-state index is -0.798. The van der Waals surface area contributed by atoms with Crippen LogP contribution in [0, 0.1) is 0 Å². The molecule has 0 saturated carbocycles. The fourth-order valence-electron chi connectivity index (χ4n) is 0.357. The average Bonchev–Trinajstić information content (AvgIpc) is 1.65. The van der Waals surface area contributed by atoms with Crippen molar-refractivity contribution in [2.24, 2.45) is 0 Å². The van der Waals surface area contributed by atoms with E-state index in [9.17, 15) is 4.79 Å². The third-order valence-corrected chi connectivity index (χ3v) is 1.58. The van der Waals surface area contributed by atoms with Crippen LogP contribution < -0.4 is 0 Å². The lowest BCUT2D eigenvalue weighted by atomic mass is 10.5. The number of rotatable bonds is 3. The van der Waals surface area contributed by atoms with Crippen molar-refractivity contribution in [1.82, 2.24) is 0 Å². The van der Waals surface area contributed by atoms with Crippen molar-refractivity contribution in [3.8, 4) is 0 Å². The number of carbonyl (C=O) groups excluding carboxylic acids is 1. The van der Waals surface area contributed by atoms with Crippen LogP contribution in [-0.2, 0) is 8.98 Å². The standard InChI is InChI=1S/C5H12O2S/c1-5(2)7-8(3)4-6/h4-5,8H,1-3H3. The van der Waals surface area contributed by atoms with E-state index in [1.165, 1.54) is 0 Å². The molecule has 8 heavy (non-hydrogen) atoms. The molecule has 2 nitrogen and oxygen atoms in total. The first-order valence-corrected chi connectivity index (χ1v) is 4.29. The molecule has 1 atom stereocenters. The Morgan fingerprint density at radius 3 is 2.25 bits per heavy atom. The van der Waals surface area contributed by atoms with Gasteiger partial charge in [0.2, 0.25) is 0 Å². The van der Waals surface area contributed by atoms with Crippen LogP contribution in [-0.4, -0.2) is 18.0 Å². The van der Waals surface area contributed by atoms with Gasteiger partial charge >= 0.3 is 0 Å². The first kappa shape index (κ1) is 7.98. The highest BCUT2D eigenvalue weighted by Crippen LogP contribution is 2.18. The van der Waals surface area contributed by atoms with Gasteiger partial charge in [0, 0.05) is 0 Å². The molecule has 0 aromatic carbocycles. The summed E-state index contributed by atoms with van der Waals surface area (Å²) in [5.74, 6) is 0. The molecule has 50 valence electrons. The van der Waals surface area contributed by atoms with E-state index in [2.05, 4.69) is 0 Å². The fraction of sp³-hybridized carbons (Fsp3) is 0.800. The second-order valence-corrected chi connectivity index (χ2v) is 3.32. The molecule has 0 N–H and O–H groups in total. The van der Waals surface area contributed by atoms with Crippen molar-refractivity contribution in [1.29, 1.82) is 0 Å². The quantitative estimate of drug-likeness (QED) is 0.465. The highest BCUT2D eigenvalue weighted by Gasteiger charge is 1.95. The van der Waals surface area contributed by atoms with Gasteiger partial charge in [0.05, 0.1) is 6.10 Å². The van der Waals surface area contributed by atoms with Gasteiger partial charge < -0.3 is 4.18 Å². The smallest absolute Gasteiger partial charge is 0.178 e. The third kappa shape index (κ3) is 4.15. The Morgan fingerprint density at radius 1 is 1.62 bits per heavy atom. The van der Waals surface area contributed by atoms with Crippen LogP contribution in [0.2, 0.25) is 0 Å². The van der Waals surface area contributed by atoms with Crippen LogP contribution in [0.5, 0.6) is 0 Å². The molecule has 0 aliphatic rings. The van der Waals surface area contributed by atoms with Gasteiger partial charge in [-0.05, 0) is 20.1 Å². The Bertz CT molecular complexity index is 72.8. The van der Waals surface area contributed by atoms with Gasteiger partial charge in [0.25, 0.3) is 0 Å². The van der Waals surface area contributed by atoms with E-state index < -0.39 is 11.2 Å². The summed E-state index contributed by atoms with van der Waals surface area (Å²) in [6.45, 7) is 3.84. The van der Waals surface area contributed by atoms with E-state index in [0.717, 1.165) is 5.62 Å². The SMILES string of the molecule is CC(C)O[SH](C)C=O. The van der Waals surface area contributed by atoms with E-state index in [-0.39, 0.29) is 6.10 Å². The minimum absolute atomic E-state index is 0.177. The van der Waals surface area contributed by atoms with Crippen LogP contribution in [0.25, 0.3) is 0 Å². The Hall–Kier alpha value is -0.0200. The summed E-state index contributed by atoms with van der Waals surface area (Å²) < 4.78 is 5.10. The Labute approximate surface area is 52.8 Å². The number of thiol groups is 1.